The first kappa shape index (κ1) is 23.3. The number of aliphatic hydroxyl groups excluding tert-OH is 1. The zero-order valence-electron chi connectivity index (χ0n) is 18.7. The highest BCUT2D eigenvalue weighted by atomic mass is 16.5. The molecule has 1 fully saturated rings. The van der Waals surface area contributed by atoms with Gasteiger partial charge in [0.25, 0.3) is 0 Å². The molecule has 29 heavy (non-hydrogen) atoms. The van der Waals surface area contributed by atoms with Gasteiger partial charge in [0.15, 0.2) is 0 Å². The van der Waals surface area contributed by atoms with E-state index in [1.165, 1.54) is 0 Å². The van der Waals surface area contributed by atoms with Crippen molar-refractivity contribution in [2.45, 2.75) is 72.2 Å². The quantitative estimate of drug-likeness (QED) is 0.716. The molecule has 2 heterocycles. The van der Waals surface area contributed by atoms with Gasteiger partial charge in [0.2, 0.25) is 11.8 Å². The van der Waals surface area contributed by atoms with E-state index in [-0.39, 0.29) is 30.2 Å². The fraction of sp³-hybridized carbons (Fsp3) is 0.762. The maximum Gasteiger partial charge on any atom is 0.226 e. The van der Waals surface area contributed by atoms with Gasteiger partial charge in [0.1, 0.15) is 0 Å². The lowest BCUT2D eigenvalue weighted by atomic mass is 9.88. The molecule has 8 heteroatoms. The van der Waals surface area contributed by atoms with Crippen LogP contribution in [0, 0.1) is 11.3 Å². The molecule has 1 aromatic heterocycles. The van der Waals surface area contributed by atoms with Gasteiger partial charge in [-0.2, -0.15) is 5.10 Å². The van der Waals surface area contributed by atoms with E-state index < -0.39 is 23.6 Å². The van der Waals surface area contributed by atoms with E-state index in [2.05, 4.69) is 10.4 Å². The molecule has 0 unspecified atom stereocenters. The Morgan fingerprint density at radius 2 is 2.00 bits per heavy atom. The third-order valence-electron chi connectivity index (χ3n) is 5.37. The van der Waals surface area contributed by atoms with Crippen molar-refractivity contribution in [1.29, 1.82) is 0 Å². The summed E-state index contributed by atoms with van der Waals surface area (Å²) in [5, 5.41) is 17.5. The molecule has 0 radical (unpaired) electrons. The molecule has 1 aliphatic heterocycles. The van der Waals surface area contributed by atoms with Crippen LogP contribution in [-0.2, 0) is 20.9 Å². The number of carbonyl (C=O) groups is 2. The normalized spacial score (nSPS) is 21.5. The predicted molar refractivity (Wildman–Crippen MR) is 110 cm³/mol. The highest BCUT2D eigenvalue weighted by Crippen LogP contribution is 2.42. The lowest BCUT2D eigenvalue weighted by Gasteiger charge is -2.38. The monoisotopic (exact) mass is 408 g/mol. The van der Waals surface area contributed by atoms with E-state index in [1.54, 1.807) is 22.9 Å². The smallest absolute Gasteiger partial charge is 0.226 e. The van der Waals surface area contributed by atoms with Crippen LogP contribution in [0.4, 0.5) is 0 Å². The van der Waals surface area contributed by atoms with E-state index in [4.69, 9.17) is 4.74 Å². The summed E-state index contributed by atoms with van der Waals surface area (Å²) in [6, 6.07) is -0.398. The number of rotatable bonds is 7. The lowest BCUT2D eigenvalue weighted by molar-refractivity contribution is -0.133. The first-order valence-corrected chi connectivity index (χ1v) is 10.2. The third-order valence-corrected chi connectivity index (χ3v) is 5.37. The molecular formula is C21H36N4O4. The SMILES string of the molecule is COCCn1cc([C@@H]2[C@@H](C(=O)NC[C@@H](O)C(C)(C)C)CC(=O)N2C(C)(C)C)cn1. The molecule has 0 aromatic carbocycles. The molecule has 1 aromatic rings. The summed E-state index contributed by atoms with van der Waals surface area (Å²) >= 11 is 0. The van der Waals surface area contributed by atoms with Gasteiger partial charge in [-0.3, -0.25) is 14.3 Å². The number of likely N-dealkylation sites (tertiary alicyclic amines) is 1. The molecule has 3 atom stereocenters. The van der Waals surface area contributed by atoms with Crippen molar-refractivity contribution in [2.24, 2.45) is 11.3 Å². The number of nitrogens with zero attached hydrogens (tertiary/aromatic N) is 3. The second-order valence-electron chi connectivity index (χ2n) is 9.85. The summed E-state index contributed by atoms with van der Waals surface area (Å²) in [6.45, 7) is 12.9. The van der Waals surface area contributed by atoms with Crippen LogP contribution in [0.2, 0.25) is 0 Å². The van der Waals surface area contributed by atoms with Crippen LogP contribution in [0.5, 0.6) is 0 Å². The summed E-state index contributed by atoms with van der Waals surface area (Å²) in [7, 11) is 1.63. The van der Waals surface area contributed by atoms with Gasteiger partial charge in [-0.1, -0.05) is 20.8 Å². The van der Waals surface area contributed by atoms with E-state index in [1.807, 2.05) is 47.7 Å². The molecule has 164 valence electrons. The van der Waals surface area contributed by atoms with Gasteiger partial charge in [-0.15, -0.1) is 0 Å². The van der Waals surface area contributed by atoms with Crippen LogP contribution >= 0.6 is 0 Å². The Morgan fingerprint density at radius 1 is 1.34 bits per heavy atom. The zero-order valence-corrected chi connectivity index (χ0v) is 18.7. The average Bonchev–Trinajstić information content (AvgIpc) is 3.20. The Balaban J connectivity index is 2.26. The first-order valence-electron chi connectivity index (χ1n) is 10.2. The highest BCUT2D eigenvalue weighted by molar-refractivity contribution is 5.90. The molecule has 2 N–H and O–H groups in total. The number of nitrogens with one attached hydrogen (secondary N) is 1. The number of amides is 2. The van der Waals surface area contributed by atoms with Crippen LogP contribution < -0.4 is 5.32 Å². The molecule has 2 amide bonds. The number of methoxy groups -OCH3 is 1. The highest BCUT2D eigenvalue weighted by Gasteiger charge is 2.49. The first-order chi connectivity index (χ1) is 13.4. The summed E-state index contributed by atoms with van der Waals surface area (Å²) in [5.41, 5.74) is 0.0624. The topological polar surface area (TPSA) is 96.7 Å². The Bertz CT molecular complexity index is 717. The Kier molecular flexibility index (Phi) is 7.11. The Hall–Kier alpha value is -1.93. The lowest BCUT2D eigenvalue weighted by Crippen LogP contribution is -2.46. The molecule has 0 saturated carbocycles. The minimum absolute atomic E-state index is 0.0522. The van der Waals surface area contributed by atoms with Gasteiger partial charge in [-0.05, 0) is 26.2 Å². The largest absolute Gasteiger partial charge is 0.391 e. The van der Waals surface area contributed by atoms with Crippen LogP contribution in [0.3, 0.4) is 0 Å². The molecule has 0 spiro atoms. The number of aromatic nitrogens is 2. The van der Waals surface area contributed by atoms with Gasteiger partial charge in [-0.25, -0.2) is 0 Å². The van der Waals surface area contributed by atoms with Crippen molar-refractivity contribution in [3.05, 3.63) is 18.0 Å². The molecule has 1 saturated heterocycles. The summed E-state index contributed by atoms with van der Waals surface area (Å²) in [6.07, 6.45) is 3.08. The van der Waals surface area contributed by atoms with Crippen LogP contribution in [-0.4, -0.2) is 63.5 Å². The Morgan fingerprint density at radius 3 is 2.55 bits per heavy atom. The maximum atomic E-state index is 13.0. The molecule has 2 rings (SSSR count). The van der Waals surface area contributed by atoms with Crippen molar-refractivity contribution in [3.63, 3.8) is 0 Å². The fourth-order valence-corrected chi connectivity index (χ4v) is 3.62. The van der Waals surface area contributed by atoms with Crippen LogP contribution in [0.1, 0.15) is 59.6 Å². The van der Waals surface area contributed by atoms with Gasteiger partial charge in [0.05, 0.1) is 37.4 Å². The fourth-order valence-electron chi connectivity index (χ4n) is 3.62. The van der Waals surface area contributed by atoms with E-state index in [9.17, 15) is 14.7 Å². The van der Waals surface area contributed by atoms with Crippen molar-refractivity contribution in [2.75, 3.05) is 20.3 Å². The molecule has 8 nitrogen and oxygen atoms in total. The van der Waals surface area contributed by atoms with Crippen molar-refractivity contribution in [3.8, 4) is 0 Å². The minimum Gasteiger partial charge on any atom is -0.391 e. The number of ether oxygens (including phenoxy) is 1. The Labute approximate surface area is 173 Å². The third kappa shape index (κ3) is 5.57. The second-order valence-corrected chi connectivity index (χ2v) is 9.85. The number of hydrogen-bond acceptors (Lipinski definition) is 5. The van der Waals surface area contributed by atoms with Gasteiger partial charge < -0.3 is 20.1 Å². The van der Waals surface area contributed by atoms with Gasteiger partial charge in [0, 0.05) is 37.4 Å². The van der Waals surface area contributed by atoms with Crippen LogP contribution in [0.15, 0.2) is 12.4 Å². The standard InChI is InChI=1S/C21H36N4O4/c1-20(2,3)16(26)12-22-19(28)15-10-17(27)25(21(4,5)6)18(15)14-11-23-24(13-14)8-9-29-7/h11,13,15-16,18,26H,8-10,12H2,1-7H3,(H,22,28)/t15-,16+,18+/m0/s1. The van der Waals surface area contributed by atoms with Crippen molar-refractivity contribution >= 4 is 11.8 Å². The summed E-state index contributed by atoms with van der Waals surface area (Å²) < 4.78 is 6.87. The van der Waals surface area contributed by atoms with Crippen molar-refractivity contribution in [1.82, 2.24) is 20.0 Å². The average molecular weight is 409 g/mol. The van der Waals surface area contributed by atoms with E-state index in [0.717, 1.165) is 5.56 Å². The predicted octanol–water partition coefficient (Wildman–Crippen LogP) is 1.74. The maximum absolute atomic E-state index is 13.0. The molecule has 0 bridgehead atoms. The molecular weight excluding hydrogens is 372 g/mol. The number of hydrogen-bond donors (Lipinski definition) is 2. The van der Waals surface area contributed by atoms with E-state index >= 15 is 0 Å². The molecule has 0 aliphatic carbocycles. The number of carbonyl (C=O) groups excluding carboxylic acids is 2. The zero-order chi connectivity index (χ0) is 22.0. The molecule has 1 aliphatic rings. The summed E-state index contributed by atoms with van der Waals surface area (Å²) in [4.78, 5) is 27.6. The minimum atomic E-state index is -0.669. The van der Waals surface area contributed by atoms with Crippen molar-refractivity contribution < 1.29 is 19.4 Å². The van der Waals surface area contributed by atoms with Gasteiger partial charge >= 0.3 is 0 Å². The van der Waals surface area contributed by atoms with Crippen LogP contribution in [0.25, 0.3) is 0 Å². The van der Waals surface area contributed by atoms with E-state index in [0.29, 0.717) is 13.2 Å². The number of aliphatic hydroxyl groups is 1. The summed E-state index contributed by atoms with van der Waals surface area (Å²) in [5.74, 6) is -0.805. The second kappa shape index (κ2) is 8.83.